The normalized spacial score (nSPS) is 7.67. The fraction of sp³-hybridized carbons (Fsp3) is 0. The third kappa shape index (κ3) is 2.85. The molecule has 0 saturated carbocycles. The second kappa shape index (κ2) is 5.51. The molecular weight excluding hydrogens is 147 g/mol. The summed E-state index contributed by atoms with van der Waals surface area (Å²) < 4.78 is 0. The van der Waals surface area contributed by atoms with Crippen LogP contribution in [0, 0.1) is 0 Å². The van der Waals surface area contributed by atoms with Crippen LogP contribution in [0.4, 0.5) is 0 Å². The largest absolute Gasteiger partial charge is 1.00 e. The number of hydrogen-bond donors (Lipinski definition) is 0. The summed E-state index contributed by atoms with van der Waals surface area (Å²) in [5.41, 5.74) is 8.45. The molecule has 12 heavy (non-hydrogen) atoms. The van der Waals surface area contributed by atoms with E-state index in [2.05, 4.69) is 4.79 Å². The van der Waals surface area contributed by atoms with Gasteiger partial charge in [0, 0.05) is 0 Å². The number of ketones is 1. The molecule has 0 fully saturated rings. The van der Waals surface area contributed by atoms with Gasteiger partial charge in [-0.1, -0.05) is 18.2 Å². The summed E-state index contributed by atoms with van der Waals surface area (Å²) in [4.78, 5) is 13.4. The first-order valence-corrected chi connectivity index (χ1v) is 3.04. The van der Waals surface area contributed by atoms with Gasteiger partial charge in [0.2, 0.25) is 6.21 Å². The first-order chi connectivity index (χ1) is 5.34. The fourth-order valence-electron chi connectivity index (χ4n) is 0.699. The summed E-state index contributed by atoms with van der Waals surface area (Å²) in [6.07, 6.45) is 1.90. The molecule has 54 valence electrons. The van der Waals surface area contributed by atoms with E-state index in [1.807, 2.05) is 6.21 Å². The molecule has 1 aromatic carbocycles. The van der Waals surface area contributed by atoms with E-state index < -0.39 is 5.78 Å². The summed E-state index contributed by atoms with van der Waals surface area (Å²) in [6.45, 7) is 0. The Morgan fingerprint density at radius 2 is 1.92 bits per heavy atom. The van der Waals surface area contributed by atoms with Crippen LogP contribution >= 0.6 is 0 Å². The molecule has 0 radical (unpaired) electrons. The zero-order valence-corrected chi connectivity index (χ0v) is 6.69. The minimum absolute atomic E-state index is 0. The molecule has 0 unspecified atom stereocenters. The van der Waals surface area contributed by atoms with Gasteiger partial charge >= 0.3 is 18.9 Å². The minimum Gasteiger partial charge on any atom is -0.385 e. The first kappa shape index (κ1) is 10.9. The van der Waals surface area contributed by atoms with Gasteiger partial charge in [0.05, 0.1) is 0 Å². The summed E-state index contributed by atoms with van der Waals surface area (Å²) in [6, 6.07) is 8.51. The molecule has 1 aromatic rings. The number of benzene rings is 1. The van der Waals surface area contributed by atoms with Crippen molar-refractivity contribution >= 4 is 12.0 Å². The molecule has 4 heteroatoms. The minimum atomic E-state index is -0.423. The topological polar surface area (TPSA) is 53.5 Å². The fourth-order valence-corrected chi connectivity index (χ4v) is 0.699. The molecule has 1 rings (SSSR count). The van der Waals surface area contributed by atoms with Crippen molar-refractivity contribution in [3.05, 3.63) is 41.4 Å². The van der Waals surface area contributed by atoms with Crippen molar-refractivity contribution in [2.24, 2.45) is 0 Å². The van der Waals surface area contributed by atoms with Gasteiger partial charge < -0.3 is 10.3 Å². The third-order valence-corrected chi connectivity index (χ3v) is 1.19. The molecular formula is C8H5LiN2O. The average molecular weight is 152 g/mol. The maximum Gasteiger partial charge on any atom is 1.00 e. The van der Waals surface area contributed by atoms with Crippen LogP contribution in [0.5, 0.6) is 0 Å². The monoisotopic (exact) mass is 152 g/mol. The van der Waals surface area contributed by atoms with Gasteiger partial charge in [0.1, 0.15) is 5.78 Å². The van der Waals surface area contributed by atoms with Crippen molar-refractivity contribution in [2.75, 3.05) is 0 Å². The number of Topliss-reactive ketones (excluding diaryl/α,β-unsaturated/α-hetero) is 1. The SMILES string of the molecule is [Li+].[N-]=[N+]=[C-]C(=O)c1ccccc1. The first-order valence-electron chi connectivity index (χ1n) is 3.04. The van der Waals surface area contributed by atoms with E-state index in [4.69, 9.17) is 5.53 Å². The van der Waals surface area contributed by atoms with Gasteiger partial charge in [0.25, 0.3) is 0 Å². The van der Waals surface area contributed by atoms with Crippen molar-refractivity contribution < 1.29 is 28.4 Å². The van der Waals surface area contributed by atoms with Gasteiger partial charge in [0.15, 0.2) is 0 Å². The Hall–Kier alpha value is -1.13. The number of carbonyl (C=O) groups is 1. The summed E-state index contributed by atoms with van der Waals surface area (Å²) in [7, 11) is 0. The number of hydrogen-bond acceptors (Lipinski definition) is 1. The molecule has 0 aliphatic rings. The molecule has 0 aliphatic heterocycles. The zero-order chi connectivity index (χ0) is 8.10. The van der Waals surface area contributed by atoms with Gasteiger partial charge in [-0.25, -0.2) is 0 Å². The molecule has 0 amide bonds. The smallest absolute Gasteiger partial charge is 0.385 e. The molecule has 3 nitrogen and oxygen atoms in total. The molecule has 0 atom stereocenters. The van der Waals surface area contributed by atoms with Gasteiger partial charge in [-0.3, -0.25) is 4.79 Å². The molecule has 0 saturated heterocycles. The molecule has 0 N–H and O–H groups in total. The maximum atomic E-state index is 10.9. The quantitative estimate of drug-likeness (QED) is 0.121. The van der Waals surface area contributed by atoms with E-state index in [1.165, 1.54) is 0 Å². The Labute approximate surface area is 82.2 Å². The van der Waals surface area contributed by atoms with Crippen molar-refractivity contribution in [1.82, 2.24) is 0 Å². The van der Waals surface area contributed by atoms with E-state index in [0.717, 1.165) is 0 Å². The Bertz CT molecular complexity index is 304. The number of nitrogens with zero attached hydrogens (tertiary/aromatic N) is 2. The number of rotatable bonds is 2. The Morgan fingerprint density at radius 3 is 2.42 bits per heavy atom. The Kier molecular flexibility index (Phi) is 4.99. The predicted molar refractivity (Wildman–Crippen MR) is 39.4 cm³/mol. The van der Waals surface area contributed by atoms with Crippen LogP contribution < -0.4 is 18.9 Å². The third-order valence-electron chi connectivity index (χ3n) is 1.19. The van der Waals surface area contributed by atoms with E-state index in [0.29, 0.717) is 5.56 Å². The summed E-state index contributed by atoms with van der Waals surface area (Å²) in [5.74, 6) is -0.423. The van der Waals surface area contributed by atoms with Crippen molar-refractivity contribution in [2.45, 2.75) is 0 Å². The van der Waals surface area contributed by atoms with Crippen LogP contribution in [0.2, 0.25) is 0 Å². The second-order valence-electron chi connectivity index (χ2n) is 1.91. The van der Waals surface area contributed by atoms with Crippen LogP contribution in [0.3, 0.4) is 0 Å². The maximum absolute atomic E-state index is 10.9. The standard InChI is InChI=1S/C8H5N2O.Li/c9-10-6-8(11)7-4-2-1-3-5-7;/h1-5H;/q-1;+1. The van der Waals surface area contributed by atoms with E-state index in [9.17, 15) is 4.79 Å². The van der Waals surface area contributed by atoms with Crippen molar-refractivity contribution in [1.29, 1.82) is 0 Å². The zero-order valence-electron chi connectivity index (χ0n) is 6.69. The predicted octanol–water partition coefficient (Wildman–Crippen LogP) is -1.95. The van der Waals surface area contributed by atoms with Crippen molar-refractivity contribution in [3.8, 4) is 0 Å². The van der Waals surface area contributed by atoms with Gasteiger partial charge in [-0.15, -0.1) is 17.7 Å². The van der Waals surface area contributed by atoms with E-state index in [-0.39, 0.29) is 18.9 Å². The number of carbonyl (C=O) groups excluding carboxylic acids is 1. The summed E-state index contributed by atoms with van der Waals surface area (Å²) >= 11 is 0. The average Bonchev–Trinajstić information content (AvgIpc) is 2.07. The molecule has 0 spiro atoms. The van der Waals surface area contributed by atoms with Crippen LogP contribution in [-0.4, -0.2) is 16.8 Å². The Balaban J connectivity index is 0.00000121. The van der Waals surface area contributed by atoms with Gasteiger partial charge in [-0.2, -0.15) is 0 Å². The van der Waals surface area contributed by atoms with E-state index >= 15 is 0 Å². The molecule has 0 heterocycles. The Morgan fingerprint density at radius 1 is 1.33 bits per heavy atom. The van der Waals surface area contributed by atoms with Crippen molar-refractivity contribution in [3.63, 3.8) is 0 Å². The van der Waals surface area contributed by atoms with Crippen LogP contribution in [-0.2, 0) is 0 Å². The van der Waals surface area contributed by atoms with Crippen LogP contribution in [0.15, 0.2) is 30.3 Å². The second-order valence-corrected chi connectivity index (χ2v) is 1.91. The molecule has 0 aliphatic carbocycles. The summed E-state index contributed by atoms with van der Waals surface area (Å²) in [5, 5.41) is 0. The molecule has 0 bridgehead atoms. The van der Waals surface area contributed by atoms with Crippen LogP contribution in [0.1, 0.15) is 10.4 Å². The molecule has 0 aromatic heterocycles. The van der Waals surface area contributed by atoms with Crippen LogP contribution in [0.25, 0.3) is 5.53 Å². The van der Waals surface area contributed by atoms with Gasteiger partial charge in [-0.05, 0) is 0 Å². The van der Waals surface area contributed by atoms with E-state index in [1.54, 1.807) is 30.3 Å².